The minimum Gasteiger partial charge on any atom is -0.357 e. The summed E-state index contributed by atoms with van der Waals surface area (Å²) in [6.45, 7) is 7.23. The zero-order valence-corrected chi connectivity index (χ0v) is 15.4. The molecule has 1 unspecified atom stereocenters. The van der Waals surface area contributed by atoms with Crippen LogP contribution in [0.5, 0.6) is 0 Å². The van der Waals surface area contributed by atoms with Crippen molar-refractivity contribution in [1.29, 1.82) is 0 Å². The van der Waals surface area contributed by atoms with Crippen molar-refractivity contribution in [2.45, 2.75) is 44.7 Å². The van der Waals surface area contributed by atoms with Crippen molar-refractivity contribution in [3.63, 3.8) is 0 Å². The second kappa shape index (κ2) is 8.88. The Balaban J connectivity index is 3.06. The van der Waals surface area contributed by atoms with Crippen molar-refractivity contribution < 1.29 is 8.42 Å². The molecule has 7 heteroatoms. The zero-order valence-electron chi connectivity index (χ0n) is 14.6. The predicted molar refractivity (Wildman–Crippen MR) is 95.0 cm³/mol. The Labute approximate surface area is 140 Å². The maximum atomic E-state index is 12.4. The Hall–Kier alpha value is -1.60. The first-order valence-electron chi connectivity index (χ1n) is 7.88. The van der Waals surface area contributed by atoms with Gasteiger partial charge in [-0.15, -0.1) is 0 Å². The number of hydrogen-bond acceptors (Lipinski definition) is 3. The first-order valence-corrected chi connectivity index (χ1v) is 9.32. The number of rotatable bonds is 7. The second-order valence-electron chi connectivity index (χ2n) is 5.54. The largest absolute Gasteiger partial charge is 0.357 e. The van der Waals surface area contributed by atoms with E-state index in [0.717, 1.165) is 13.0 Å². The van der Waals surface area contributed by atoms with E-state index in [-0.39, 0.29) is 0 Å². The summed E-state index contributed by atoms with van der Waals surface area (Å²) >= 11 is 0. The van der Waals surface area contributed by atoms with Gasteiger partial charge < -0.3 is 10.6 Å². The van der Waals surface area contributed by atoms with Crippen LogP contribution >= 0.6 is 0 Å². The molecule has 1 aromatic carbocycles. The molecule has 0 saturated heterocycles. The molecule has 0 aliphatic carbocycles. The Morgan fingerprint density at radius 1 is 1.26 bits per heavy atom. The van der Waals surface area contributed by atoms with Crippen LogP contribution < -0.4 is 10.6 Å². The molecule has 0 aliphatic heterocycles. The molecule has 0 fully saturated rings. The molecule has 0 heterocycles. The van der Waals surface area contributed by atoms with Crippen molar-refractivity contribution in [3.05, 3.63) is 29.8 Å². The van der Waals surface area contributed by atoms with Crippen molar-refractivity contribution >= 4 is 16.0 Å². The molecule has 0 aromatic heterocycles. The average molecular weight is 340 g/mol. The quantitative estimate of drug-likeness (QED) is 0.586. The van der Waals surface area contributed by atoms with Crippen molar-refractivity contribution in [1.82, 2.24) is 14.9 Å². The van der Waals surface area contributed by atoms with Crippen LogP contribution in [0.4, 0.5) is 0 Å². The van der Waals surface area contributed by atoms with Gasteiger partial charge >= 0.3 is 0 Å². The number of nitrogens with zero attached hydrogens (tertiary/aromatic N) is 2. The average Bonchev–Trinajstić information content (AvgIpc) is 2.52. The Kier molecular flexibility index (Phi) is 7.51. The van der Waals surface area contributed by atoms with E-state index in [4.69, 9.17) is 0 Å². The molecule has 130 valence electrons. The summed E-state index contributed by atoms with van der Waals surface area (Å²) in [5.41, 5.74) is 0.683. The summed E-state index contributed by atoms with van der Waals surface area (Å²) in [6.07, 6.45) is 0.982. The predicted octanol–water partition coefficient (Wildman–Crippen LogP) is 1.79. The van der Waals surface area contributed by atoms with E-state index in [1.807, 2.05) is 13.0 Å². The summed E-state index contributed by atoms with van der Waals surface area (Å²) in [5.74, 6) is 0.693. The molecular formula is C16H28N4O2S. The molecule has 0 amide bonds. The monoisotopic (exact) mass is 340 g/mol. The lowest BCUT2D eigenvalue weighted by molar-refractivity contribution is 0.519. The van der Waals surface area contributed by atoms with Crippen LogP contribution in [0.3, 0.4) is 0 Å². The molecule has 0 saturated carbocycles. The third-order valence-electron chi connectivity index (χ3n) is 3.48. The van der Waals surface area contributed by atoms with E-state index in [0.29, 0.717) is 29.0 Å². The van der Waals surface area contributed by atoms with Gasteiger partial charge in [0.1, 0.15) is 0 Å². The first-order chi connectivity index (χ1) is 10.8. The van der Waals surface area contributed by atoms with Gasteiger partial charge in [-0.05, 0) is 31.9 Å². The maximum absolute atomic E-state index is 12.4. The van der Waals surface area contributed by atoms with Gasteiger partial charge in [0.25, 0.3) is 0 Å². The number of guanidine groups is 1. The molecule has 1 atom stereocenters. The number of hydrogen-bond donors (Lipinski definition) is 2. The lowest BCUT2D eigenvalue weighted by Crippen LogP contribution is -2.42. The van der Waals surface area contributed by atoms with E-state index in [1.165, 1.54) is 18.4 Å². The highest BCUT2D eigenvalue weighted by molar-refractivity contribution is 7.89. The van der Waals surface area contributed by atoms with Gasteiger partial charge in [-0.1, -0.05) is 25.1 Å². The fourth-order valence-corrected chi connectivity index (χ4v) is 3.01. The highest BCUT2D eigenvalue weighted by Crippen LogP contribution is 2.19. The first kappa shape index (κ1) is 19.4. The maximum Gasteiger partial charge on any atom is 0.242 e. The van der Waals surface area contributed by atoms with Crippen molar-refractivity contribution in [3.8, 4) is 0 Å². The summed E-state index contributed by atoms with van der Waals surface area (Å²) in [5, 5.41) is 6.48. The van der Waals surface area contributed by atoms with Gasteiger partial charge in [0.15, 0.2) is 5.96 Å². The van der Waals surface area contributed by atoms with Gasteiger partial charge in [-0.2, -0.15) is 0 Å². The van der Waals surface area contributed by atoms with Crippen LogP contribution in [0.15, 0.2) is 34.2 Å². The summed E-state index contributed by atoms with van der Waals surface area (Å²) < 4.78 is 26.0. The molecule has 0 aliphatic rings. The number of aliphatic imine (C=N–C) groups is 1. The Bertz CT molecular complexity index is 627. The third kappa shape index (κ3) is 5.51. The molecule has 0 bridgehead atoms. The second-order valence-corrected chi connectivity index (χ2v) is 7.66. The van der Waals surface area contributed by atoms with Gasteiger partial charge in [0.2, 0.25) is 10.0 Å². The molecule has 1 rings (SSSR count). The van der Waals surface area contributed by atoms with Crippen LogP contribution in [0.25, 0.3) is 0 Å². The minimum atomic E-state index is -3.47. The molecule has 0 spiro atoms. The molecule has 6 nitrogen and oxygen atoms in total. The molecular weight excluding hydrogens is 312 g/mol. The van der Waals surface area contributed by atoms with Gasteiger partial charge in [0, 0.05) is 26.7 Å². The van der Waals surface area contributed by atoms with Crippen LogP contribution in [0.2, 0.25) is 0 Å². The van der Waals surface area contributed by atoms with E-state index in [9.17, 15) is 8.42 Å². The van der Waals surface area contributed by atoms with E-state index < -0.39 is 10.0 Å². The topological polar surface area (TPSA) is 73.8 Å². The minimum absolute atomic E-state index is 0.299. The van der Waals surface area contributed by atoms with Crippen LogP contribution in [-0.4, -0.2) is 45.4 Å². The standard InChI is InChI=1S/C16H28N4O2S/c1-6-13(3)19-16(17-7-2)18-12-14-10-8-9-11-15(14)23(21,22)20(4)5/h8-11,13H,6-7,12H2,1-5H3,(H2,17,18,19). The molecule has 1 aromatic rings. The van der Waals surface area contributed by atoms with Crippen LogP contribution in [0.1, 0.15) is 32.8 Å². The SMILES string of the molecule is CCNC(=NCc1ccccc1S(=O)(=O)N(C)C)NC(C)CC. The summed E-state index contributed by atoms with van der Waals surface area (Å²) in [4.78, 5) is 4.82. The van der Waals surface area contributed by atoms with Crippen LogP contribution in [-0.2, 0) is 16.6 Å². The number of benzene rings is 1. The fraction of sp³-hybridized carbons (Fsp3) is 0.562. The van der Waals surface area contributed by atoms with Gasteiger partial charge in [-0.25, -0.2) is 17.7 Å². The lowest BCUT2D eigenvalue weighted by Gasteiger charge is -2.17. The number of sulfonamides is 1. The van der Waals surface area contributed by atoms with Crippen molar-refractivity contribution in [2.75, 3.05) is 20.6 Å². The smallest absolute Gasteiger partial charge is 0.242 e. The normalized spacial score (nSPS) is 13.9. The van der Waals surface area contributed by atoms with Gasteiger partial charge in [0.05, 0.1) is 11.4 Å². The molecule has 0 radical (unpaired) electrons. The molecule has 2 N–H and O–H groups in total. The van der Waals surface area contributed by atoms with E-state index >= 15 is 0 Å². The van der Waals surface area contributed by atoms with Gasteiger partial charge in [-0.3, -0.25) is 0 Å². The van der Waals surface area contributed by atoms with E-state index in [2.05, 4.69) is 29.5 Å². The fourth-order valence-electron chi connectivity index (χ4n) is 1.90. The lowest BCUT2D eigenvalue weighted by atomic mass is 10.2. The number of nitrogens with one attached hydrogen (secondary N) is 2. The summed E-state index contributed by atoms with van der Waals surface area (Å²) in [6, 6.07) is 7.27. The zero-order chi connectivity index (χ0) is 17.5. The Morgan fingerprint density at radius 2 is 1.91 bits per heavy atom. The summed E-state index contributed by atoms with van der Waals surface area (Å²) in [7, 11) is -0.409. The Morgan fingerprint density at radius 3 is 2.48 bits per heavy atom. The van der Waals surface area contributed by atoms with Crippen molar-refractivity contribution in [2.24, 2.45) is 4.99 Å². The molecule has 23 heavy (non-hydrogen) atoms. The van der Waals surface area contributed by atoms with Crippen LogP contribution in [0, 0.1) is 0 Å². The third-order valence-corrected chi connectivity index (χ3v) is 5.39. The highest BCUT2D eigenvalue weighted by atomic mass is 32.2. The van der Waals surface area contributed by atoms with E-state index in [1.54, 1.807) is 18.2 Å². The highest BCUT2D eigenvalue weighted by Gasteiger charge is 2.20.